The van der Waals surface area contributed by atoms with Crippen LogP contribution in [-0.4, -0.2) is 36.7 Å². The molecule has 3 rings (SSSR count). The average molecular weight is 345 g/mol. The summed E-state index contributed by atoms with van der Waals surface area (Å²) in [5, 5.41) is 2.89. The van der Waals surface area contributed by atoms with E-state index in [9.17, 15) is 9.59 Å². The van der Waals surface area contributed by atoms with E-state index in [1.54, 1.807) is 19.1 Å². The second-order valence-corrected chi connectivity index (χ2v) is 7.19. The molecule has 0 bridgehead atoms. The van der Waals surface area contributed by atoms with Gasteiger partial charge in [0.2, 0.25) is 0 Å². The molecule has 1 aromatic carbocycles. The van der Waals surface area contributed by atoms with Crippen molar-refractivity contribution in [2.75, 3.05) is 13.2 Å². The lowest BCUT2D eigenvalue weighted by Gasteiger charge is -2.33. The molecule has 1 atom stereocenters. The van der Waals surface area contributed by atoms with Crippen LogP contribution in [0, 0.1) is 0 Å². The molecule has 1 saturated carbocycles. The molecule has 25 heavy (non-hydrogen) atoms. The van der Waals surface area contributed by atoms with Gasteiger partial charge in [-0.25, -0.2) is 4.79 Å². The molecule has 0 spiro atoms. The Morgan fingerprint density at radius 2 is 2.04 bits per heavy atom. The average Bonchev–Trinajstić information content (AvgIpc) is 2.62. The summed E-state index contributed by atoms with van der Waals surface area (Å²) in [7, 11) is 0. The summed E-state index contributed by atoms with van der Waals surface area (Å²) in [5.41, 5.74) is 0.265. The minimum atomic E-state index is -1.14. The molecular formula is C20H27NO4. The second-order valence-electron chi connectivity index (χ2n) is 7.19. The first-order valence-corrected chi connectivity index (χ1v) is 9.30. The standard InChI is InChI=1S/C20H27NO4/c1-20(14-15-8-5-6-11-17(15)18(22)25-20)19(23)21-12-7-13-24-16-9-3-2-4-10-16/h5-6,8,11,16H,2-4,7,9-10,12-14H2,1H3,(H,21,23). The van der Waals surface area contributed by atoms with Gasteiger partial charge in [0.1, 0.15) is 0 Å². The summed E-state index contributed by atoms with van der Waals surface area (Å²) in [6.07, 6.45) is 7.69. The molecule has 1 aliphatic carbocycles. The van der Waals surface area contributed by atoms with Gasteiger partial charge in [0.25, 0.3) is 5.91 Å². The molecular weight excluding hydrogens is 318 g/mol. The summed E-state index contributed by atoms with van der Waals surface area (Å²) >= 11 is 0. The Morgan fingerprint density at radius 3 is 2.84 bits per heavy atom. The van der Waals surface area contributed by atoms with Crippen LogP contribution in [0.5, 0.6) is 0 Å². The summed E-state index contributed by atoms with van der Waals surface area (Å²) in [6.45, 7) is 2.86. The zero-order valence-corrected chi connectivity index (χ0v) is 14.9. The number of cyclic esters (lactones) is 1. The molecule has 0 saturated heterocycles. The van der Waals surface area contributed by atoms with Crippen molar-refractivity contribution < 1.29 is 19.1 Å². The maximum atomic E-state index is 12.5. The Morgan fingerprint density at radius 1 is 1.28 bits per heavy atom. The zero-order chi connectivity index (χ0) is 17.7. The highest BCUT2D eigenvalue weighted by molar-refractivity contribution is 5.97. The first-order valence-electron chi connectivity index (χ1n) is 9.30. The highest BCUT2D eigenvalue weighted by atomic mass is 16.6. The number of amides is 1. The van der Waals surface area contributed by atoms with Crippen LogP contribution in [0.4, 0.5) is 0 Å². The number of ether oxygens (including phenoxy) is 2. The Hall–Kier alpha value is -1.88. The fourth-order valence-electron chi connectivity index (χ4n) is 3.60. The van der Waals surface area contributed by atoms with Crippen molar-refractivity contribution in [2.45, 2.75) is 63.6 Å². The van der Waals surface area contributed by atoms with Gasteiger partial charge in [0, 0.05) is 19.6 Å². The lowest BCUT2D eigenvalue weighted by atomic mass is 9.89. The molecule has 1 fully saturated rings. The predicted molar refractivity (Wildman–Crippen MR) is 94.4 cm³/mol. The number of fused-ring (bicyclic) bond motifs is 1. The van der Waals surface area contributed by atoms with E-state index in [-0.39, 0.29) is 5.91 Å². The first kappa shape index (κ1) is 17.9. The van der Waals surface area contributed by atoms with Crippen LogP contribution in [0.25, 0.3) is 0 Å². The number of hydrogen-bond acceptors (Lipinski definition) is 4. The van der Waals surface area contributed by atoms with Gasteiger partial charge >= 0.3 is 5.97 Å². The highest BCUT2D eigenvalue weighted by Gasteiger charge is 2.42. The van der Waals surface area contributed by atoms with Crippen molar-refractivity contribution in [1.29, 1.82) is 0 Å². The number of rotatable bonds is 6. The summed E-state index contributed by atoms with van der Waals surface area (Å²) in [5.74, 6) is -0.673. The predicted octanol–water partition coefficient (Wildman–Crippen LogP) is 3.01. The van der Waals surface area contributed by atoms with Gasteiger partial charge in [-0.3, -0.25) is 4.79 Å². The topological polar surface area (TPSA) is 64.6 Å². The van der Waals surface area contributed by atoms with E-state index in [0.717, 1.165) is 24.8 Å². The molecule has 1 aromatic rings. The van der Waals surface area contributed by atoms with Crippen molar-refractivity contribution >= 4 is 11.9 Å². The summed E-state index contributed by atoms with van der Waals surface area (Å²) in [4.78, 5) is 24.6. The van der Waals surface area contributed by atoms with Crippen molar-refractivity contribution in [3.8, 4) is 0 Å². The van der Waals surface area contributed by atoms with Gasteiger partial charge in [-0.15, -0.1) is 0 Å². The van der Waals surface area contributed by atoms with E-state index < -0.39 is 11.6 Å². The van der Waals surface area contributed by atoms with Crippen molar-refractivity contribution in [2.24, 2.45) is 0 Å². The molecule has 1 N–H and O–H groups in total. The third-order valence-electron chi connectivity index (χ3n) is 5.08. The van der Waals surface area contributed by atoms with Gasteiger partial charge in [0.15, 0.2) is 5.60 Å². The van der Waals surface area contributed by atoms with Crippen LogP contribution in [-0.2, 0) is 20.7 Å². The molecule has 1 unspecified atom stereocenters. The Kier molecular flexibility index (Phi) is 5.74. The lowest BCUT2D eigenvalue weighted by Crippen LogP contribution is -2.51. The van der Waals surface area contributed by atoms with Gasteiger partial charge in [-0.05, 0) is 37.8 Å². The van der Waals surface area contributed by atoms with Gasteiger partial charge in [0.05, 0.1) is 11.7 Å². The Bertz CT molecular complexity index is 624. The minimum absolute atomic E-state index is 0.243. The quantitative estimate of drug-likeness (QED) is 0.636. The SMILES string of the molecule is CC1(C(=O)NCCCOC2CCCCC2)Cc2ccccc2C(=O)O1. The molecule has 1 heterocycles. The number of carbonyl (C=O) groups excluding carboxylic acids is 2. The summed E-state index contributed by atoms with van der Waals surface area (Å²) in [6, 6.07) is 7.28. The van der Waals surface area contributed by atoms with Crippen LogP contribution < -0.4 is 5.32 Å². The largest absolute Gasteiger partial charge is 0.445 e. The van der Waals surface area contributed by atoms with Crippen LogP contribution >= 0.6 is 0 Å². The van der Waals surface area contributed by atoms with Crippen molar-refractivity contribution in [1.82, 2.24) is 5.32 Å². The zero-order valence-electron chi connectivity index (χ0n) is 14.9. The molecule has 1 aliphatic heterocycles. The minimum Gasteiger partial charge on any atom is -0.445 e. The molecule has 0 aromatic heterocycles. The monoisotopic (exact) mass is 345 g/mol. The molecule has 5 nitrogen and oxygen atoms in total. The van der Waals surface area contributed by atoms with E-state index in [2.05, 4.69) is 5.32 Å². The van der Waals surface area contributed by atoms with Gasteiger partial charge in [-0.1, -0.05) is 37.5 Å². The van der Waals surface area contributed by atoms with Crippen molar-refractivity contribution in [3.63, 3.8) is 0 Å². The van der Waals surface area contributed by atoms with E-state index in [1.807, 2.05) is 12.1 Å². The Balaban J connectivity index is 1.44. The van der Waals surface area contributed by atoms with E-state index in [4.69, 9.17) is 9.47 Å². The maximum absolute atomic E-state index is 12.5. The van der Waals surface area contributed by atoms with E-state index in [1.165, 1.54) is 19.3 Å². The normalized spacial score (nSPS) is 23.6. The van der Waals surface area contributed by atoms with Gasteiger partial charge < -0.3 is 14.8 Å². The second kappa shape index (κ2) is 8.00. The molecule has 5 heteroatoms. The van der Waals surface area contributed by atoms with E-state index in [0.29, 0.717) is 31.2 Å². The number of esters is 1. The molecule has 1 amide bonds. The van der Waals surface area contributed by atoms with Crippen LogP contribution in [0.15, 0.2) is 24.3 Å². The van der Waals surface area contributed by atoms with Crippen LogP contribution in [0.2, 0.25) is 0 Å². The maximum Gasteiger partial charge on any atom is 0.339 e. The number of nitrogens with one attached hydrogen (secondary N) is 1. The van der Waals surface area contributed by atoms with Crippen LogP contribution in [0.3, 0.4) is 0 Å². The fourth-order valence-corrected chi connectivity index (χ4v) is 3.60. The number of carbonyl (C=O) groups is 2. The smallest absolute Gasteiger partial charge is 0.339 e. The first-order chi connectivity index (χ1) is 12.1. The van der Waals surface area contributed by atoms with Gasteiger partial charge in [-0.2, -0.15) is 0 Å². The van der Waals surface area contributed by atoms with E-state index >= 15 is 0 Å². The van der Waals surface area contributed by atoms with Crippen LogP contribution in [0.1, 0.15) is 61.4 Å². The molecule has 0 radical (unpaired) electrons. The fraction of sp³-hybridized carbons (Fsp3) is 0.600. The third kappa shape index (κ3) is 4.40. The molecule has 2 aliphatic rings. The molecule has 136 valence electrons. The summed E-state index contributed by atoms with van der Waals surface area (Å²) < 4.78 is 11.3. The lowest BCUT2D eigenvalue weighted by molar-refractivity contribution is -0.139. The number of benzene rings is 1. The highest BCUT2D eigenvalue weighted by Crippen LogP contribution is 2.28. The van der Waals surface area contributed by atoms with Crippen molar-refractivity contribution in [3.05, 3.63) is 35.4 Å². The third-order valence-corrected chi connectivity index (χ3v) is 5.08. The Labute approximate surface area is 149 Å². The number of hydrogen-bond donors (Lipinski definition) is 1.